The third kappa shape index (κ3) is 7.35. The molecule has 12 nitrogen and oxygen atoms in total. The van der Waals surface area contributed by atoms with Crippen molar-refractivity contribution in [2.24, 2.45) is 5.92 Å². The summed E-state index contributed by atoms with van der Waals surface area (Å²) in [6, 6.07) is 13.3. The van der Waals surface area contributed by atoms with E-state index in [0.717, 1.165) is 5.56 Å². The van der Waals surface area contributed by atoms with E-state index >= 15 is 0 Å². The van der Waals surface area contributed by atoms with Crippen LogP contribution in [0.1, 0.15) is 40.7 Å². The minimum atomic E-state index is -3.26. The largest absolute Gasteiger partial charge is 0.488 e. The average molecular weight is 708 g/mol. The maximum absolute atomic E-state index is 14.9. The lowest BCUT2D eigenvalue weighted by atomic mass is 9.99. The minimum Gasteiger partial charge on any atom is -0.488 e. The number of carbonyl (C=O) groups is 3. The van der Waals surface area contributed by atoms with E-state index in [0.29, 0.717) is 65.6 Å². The molecular weight excluding hydrogens is 669 g/mol. The van der Waals surface area contributed by atoms with Crippen LogP contribution in [0.25, 0.3) is 11.1 Å². The highest BCUT2D eigenvalue weighted by Crippen LogP contribution is 2.39. The Labute approximate surface area is 289 Å². The van der Waals surface area contributed by atoms with Crippen LogP contribution in [0.5, 0.6) is 23.0 Å². The number of sulfone groups is 1. The Morgan fingerprint density at radius 2 is 1.68 bits per heavy atom. The van der Waals surface area contributed by atoms with E-state index < -0.39 is 27.5 Å². The number of fused-ring (bicyclic) bond motifs is 8. The SMILES string of the molecule is O=C1NCCCCN(C(=O)C2CCS(=O)(=O)C2)CCOc2cc(cc3c2OCCN(C(=O)Cc2ccc4c(c2)OCO4)C3)-c2ccc(F)c1c2. The standard InChI is InChI=1S/C36H38FN3O9S/c37-29-5-4-24-18-28(29)35(42)38-8-1-2-9-39(36(43)25-7-14-50(44,45)21-25)10-12-46-32-19-26(24)17-27-20-40(11-13-47-34(27)32)33(41)16-23-3-6-30-31(15-23)49-22-48-30/h3-6,15,17-19,25H,1-2,7-14,16,20-22H2,(H,38,42). The van der Waals surface area contributed by atoms with E-state index in [4.69, 9.17) is 18.9 Å². The molecule has 1 N–H and O–H groups in total. The number of nitrogens with one attached hydrogen (secondary N) is 1. The third-order valence-corrected chi connectivity index (χ3v) is 11.2. The van der Waals surface area contributed by atoms with Crippen LogP contribution in [0, 0.1) is 11.7 Å². The molecule has 0 spiro atoms. The zero-order chi connectivity index (χ0) is 34.8. The fourth-order valence-electron chi connectivity index (χ4n) is 6.76. The molecule has 7 rings (SSSR count). The molecule has 50 heavy (non-hydrogen) atoms. The van der Waals surface area contributed by atoms with Crippen molar-refractivity contribution in [2.75, 3.05) is 57.7 Å². The van der Waals surface area contributed by atoms with Crippen LogP contribution >= 0.6 is 0 Å². The van der Waals surface area contributed by atoms with Gasteiger partial charge < -0.3 is 34.1 Å². The molecule has 4 heterocycles. The van der Waals surface area contributed by atoms with Crippen LogP contribution in [0.15, 0.2) is 48.5 Å². The number of nitrogens with zero attached hydrogens (tertiary/aromatic N) is 2. The quantitative estimate of drug-likeness (QED) is 0.434. The van der Waals surface area contributed by atoms with Gasteiger partial charge in [0.25, 0.3) is 5.91 Å². The fraction of sp³-hybridized carbons (Fsp3) is 0.417. The van der Waals surface area contributed by atoms with Crippen LogP contribution in [0.3, 0.4) is 0 Å². The summed E-state index contributed by atoms with van der Waals surface area (Å²) in [6.07, 6.45) is 1.49. The number of hydrogen-bond acceptors (Lipinski definition) is 9. The summed E-state index contributed by atoms with van der Waals surface area (Å²) in [5, 5.41) is 2.78. The second-order valence-corrected chi connectivity index (χ2v) is 15.2. The Kier molecular flexibility index (Phi) is 9.54. The molecule has 1 atom stereocenters. The van der Waals surface area contributed by atoms with Crippen molar-refractivity contribution in [3.05, 3.63) is 71.0 Å². The highest BCUT2D eigenvalue weighted by atomic mass is 32.2. The lowest BCUT2D eigenvalue weighted by molar-refractivity contribution is -0.135. The molecule has 3 amide bonds. The second kappa shape index (κ2) is 14.2. The first-order valence-corrected chi connectivity index (χ1v) is 18.6. The van der Waals surface area contributed by atoms with Gasteiger partial charge in [-0.05, 0) is 72.4 Å². The van der Waals surface area contributed by atoms with Gasteiger partial charge in [-0.15, -0.1) is 0 Å². The number of amides is 3. The van der Waals surface area contributed by atoms with Crippen molar-refractivity contribution in [1.29, 1.82) is 0 Å². The third-order valence-electron chi connectivity index (χ3n) is 9.44. The van der Waals surface area contributed by atoms with Crippen LogP contribution < -0.4 is 24.3 Å². The normalized spacial score (nSPS) is 20.2. The van der Waals surface area contributed by atoms with E-state index in [1.54, 1.807) is 34.1 Å². The zero-order valence-corrected chi connectivity index (χ0v) is 28.3. The Morgan fingerprint density at radius 3 is 2.52 bits per heavy atom. The van der Waals surface area contributed by atoms with Gasteiger partial charge in [0.15, 0.2) is 32.8 Å². The lowest BCUT2D eigenvalue weighted by Crippen LogP contribution is -2.40. The highest BCUT2D eigenvalue weighted by Gasteiger charge is 2.35. The minimum absolute atomic E-state index is 0.0109. The van der Waals surface area contributed by atoms with Gasteiger partial charge in [0.05, 0.1) is 42.5 Å². The van der Waals surface area contributed by atoms with Gasteiger partial charge >= 0.3 is 0 Å². The molecule has 14 heteroatoms. The molecule has 1 fully saturated rings. The van der Waals surface area contributed by atoms with Crippen LogP contribution in [0.4, 0.5) is 4.39 Å². The molecule has 0 aliphatic carbocycles. The van der Waals surface area contributed by atoms with E-state index in [1.165, 1.54) is 12.1 Å². The number of halogens is 1. The van der Waals surface area contributed by atoms with Crippen LogP contribution in [-0.4, -0.2) is 93.6 Å². The van der Waals surface area contributed by atoms with Gasteiger partial charge in [0.1, 0.15) is 19.0 Å². The monoisotopic (exact) mass is 707 g/mol. The molecule has 0 aromatic heterocycles. The van der Waals surface area contributed by atoms with Crippen molar-refractivity contribution in [3.63, 3.8) is 0 Å². The maximum atomic E-state index is 14.9. The molecule has 1 unspecified atom stereocenters. The highest BCUT2D eigenvalue weighted by molar-refractivity contribution is 7.91. The fourth-order valence-corrected chi connectivity index (χ4v) is 8.49. The molecule has 264 valence electrons. The van der Waals surface area contributed by atoms with Crippen LogP contribution in [-0.2, 0) is 32.4 Å². The molecule has 0 radical (unpaired) electrons. The molecule has 1 saturated heterocycles. The molecule has 3 aromatic carbocycles. The summed E-state index contributed by atoms with van der Waals surface area (Å²) in [4.78, 5) is 43.5. The summed E-state index contributed by atoms with van der Waals surface area (Å²) in [7, 11) is -3.26. The Hall–Kier alpha value is -4.85. The molecule has 4 aliphatic rings. The topological polar surface area (TPSA) is 141 Å². The van der Waals surface area contributed by atoms with Gasteiger partial charge in [-0.25, -0.2) is 12.8 Å². The summed E-state index contributed by atoms with van der Waals surface area (Å²) in [6.45, 7) is 1.79. The van der Waals surface area contributed by atoms with Crippen molar-refractivity contribution in [2.45, 2.75) is 32.2 Å². The van der Waals surface area contributed by atoms with Gasteiger partial charge in [-0.2, -0.15) is 0 Å². The maximum Gasteiger partial charge on any atom is 0.254 e. The van der Waals surface area contributed by atoms with E-state index in [2.05, 4.69) is 5.32 Å². The molecule has 0 saturated carbocycles. The van der Waals surface area contributed by atoms with Gasteiger partial charge in [0, 0.05) is 25.2 Å². The van der Waals surface area contributed by atoms with Crippen molar-refractivity contribution in [3.8, 4) is 34.1 Å². The van der Waals surface area contributed by atoms with Gasteiger partial charge in [-0.3, -0.25) is 14.4 Å². The molecule has 4 aliphatic heterocycles. The molecule has 4 bridgehead atoms. The lowest BCUT2D eigenvalue weighted by Gasteiger charge is -2.26. The van der Waals surface area contributed by atoms with Crippen molar-refractivity contribution in [1.82, 2.24) is 15.1 Å². The molecule has 3 aromatic rings. The van der Waals surface area contributed by atoms with Crippen LogP contribution in [0.2, 0.25) is 0 Å². The first-order chi connectivity index (χ1) is 24.1. The first-order valence-electron chi connectivity index (χ1n) is 16.8. The summed E-state index contributed by atoms with van der Waals surface area (Å²) in [5.41, 5.74) is 2.52. The van der Waals surface area contributed by atoms with E-state index in [9.17, 15) is 27.2 Å². The number of benzene rings is 3. The predicted molar refractivity (Wildman–Crippen MR) is 179 cm³/mol. The van der Waals surface area contributed by atoms with E-state index in [1.807, 2.05) is 12.1 Å². The van der Waals surface area contributed by atoms with Crippen molar-refractivity contribution < 1.29 is 46.1 Å². The summed E-state index contributed by atoms with van der Waals surface area (Å²) >= 11 is 0. The Morgan fingerprint density at radius 1 is 0.860 bits per heavy atom. The Bertz CT molecular complexity index is 1940. The van der Waals surface area contributed by atoms with Gasteiger partial charge in [0.2, 0.25) is 18.6 Å². The second-order valence-electron chi connectivity index (χ2n) is 12.9. The average Bonchev–Trinajstić information content (AvgIpc) is 3.65. The number of ether oxygens (including phenoxy) is 4. The Balaban J connectivity index is 1.18. The number of hydrogen-bond donors (Lipinski definition) is 1. The number of carbonyl (C=O) groups excluding carboxylic acids is 3. The predicted octanol–water partition coefficient (Wildman–Crippen LogP) is 3.35. The summed E-state index contributed by atoms with van der Waals surface area (Å²) in [5.74, 6) is -0.311. The smallest absolute Gasteiger partial charge is 0.254 e. The molecular formula is C36H38FN3O9S. The summed E-state index contributed by atoms with van der Waals surface area (Å²) < 4.78 is 62.6. The first kappa shape index (κ1) is 33.6. The van der Waals surface area contributed by atoms with Gasteiger partial charge in [-0.1, -0.05) is 12.1 Å². The van der Waals surface area contributed by atoms with E-state index in [-0.39, 0.29) is 81.4 Å². The van der Waals surface area contributed by atoms with Crippen molar-refractivity contribution >= 4 is 27.6 Å². The number of rotatable bonds is 3. The zero-order valence-electron chi connectivity index (χ0n) is 27.5.